The van der Waals surface area contributed by atoms with Gasteiger partial charge < -0.3 is 89.1 Å². The Morgan fingerprint density at radius 3 is 2.26 bits per heavy atom. The van der Waals surface area contributed by atoms with Crippen molar-refractivity contribution in [3.8, 4) is 0 Å². The van der Waals surface area contributed by atoms with Crippen molar-refractivity contribution in [3.05, 3.63) is 24.3 Å². The van der Waals surface area contributed by atoms with Gasteiger partial charge in [0, 0.05) is 42.5 Å². The third kappa shape index (κ3) is 15.5. The number of ether oxygens (including phenoxy) is 5. The van der Waals surface area contributed by atoms with E-state index in [0.29, 0.717) is 23.0 Å². The molecule has 29 heteroatoms. The number of benzene rings is 1. The molecule has 1 amide bonds. The maximum atomic E-state index is 12.5. The summed E-state index contributed by atoms with van der Waals surface area (Å²) in [6.07, 6.45) is -24.2. The minimum Gasteiger partial charge on any atom is -0.735 e. The second kappa shape index (κ2) is 23.9. The minimum absolute atomic E-state index is 0.190. The number of unbranched alkanes of at least 4 members (excludes halogenated alkanes) is 1. The molecule has 0 aromatic heterocycles. The maximum Gasteiger partial charge on any atom is 0.224 e. The Kier molecular flexibility index (Phi) is 20.3. The van der Waals surface area contributed by atoms with Crippen molar-refractivity contribution in [1.29, 1.82) is 0 Å². The number of methoxy groups -OCH3 is 1. The van der Waals surface area contributed by atoms with Crippen LogP contribution in [0.15, 0.2) is 24.3 Å². The number of nitrogens with one attached hydrogen (secondary N) is 3. The summed E-state index contributed by atoms with van der Waals surface area (Å²) < 4.78 is 102. The molecule has 1 aromatic rings. The molecular formula is C33H50N3O22S4-3. The zero-order valence-corrected chi connectivity index (χ0v) is 36.0. The number of carbonyl (C=O) groups is 2. The molecule has 0 bridgehead atoms. The Morgan fingerprint density at radius 2 is 1.65 bits per heavy atom. The summed E-state index contributed by atoms with van der Waals surface area (Å²) >= 11 is 0. The first-order chi connectivity index (χ1) is 29.1. The fourth-order valence-electron chi connectivity index (χ4n) is 6.70. The van der Waals surface area contributed by atoms with Crippen LogP contribution >= 0.6 is 21.6 Å². The van der Waals surface area contributed by atoms with Gasteiger partial charge in [-0.15, -0.1) is 0 Å². The van der Waals surface area contributed by atoms with Crippen LogP contribution in [0.4, 0.5) is 11.4 Å². The van der Waals surface area contributed by atoms with Crippen LogP contribution in [-0.4, -0.2) is 197 Å². The van der Waals surface area contributed by atoms with Crippen LogP contribution in [0.25, 0.3) is 0 Å². The molecule has 3 aliphatic rings. The van der Waals surface area contributed by atoms with E-state index < -0.39 is 132 Å². The van der Waals surface area contributed by atoms with E-state index in [1.165, 1.54) is 4.72 Å². The van der Waals surface area contributed by atoms with Gasteiger partial charge in [0.1, 0.15) is 61.0 Å². The summed E-state index contributed by atoms with van der Waals surface area (Å²) in [4.78, 5) is 24.7. The molecule has 3 fully saturated rings. The first kappa shape index (κ1) is 52.5. The molecule has 356 valence electrons. The molecule has 62 heavy (non-hydrogen) atoms. The maximum absolute atomic E-state index is 12.5. The molecule has 10 N–H and O–H groups in total. The molecule has 3 saturated heterocycles. The predicted molar refractivity (Wildman–Crippen MR) is 209 cm³/mol. The molecule has 0 radical (unpaired) electrons. The number of rotatable bonds is 24. The number of anilines is 2. The molecular weight excluding hydrogens is 919 g/mol. The molecule has 15 atom stereocenters. The number of carboxylic acid groups (broad SMARTS) is 1. The van der Waals surface area contributed by atoms with Gasteiger partial charge in [-0.05, 0) is 37.5 Å². The summed E-state index contributed by atoms with van der Waals surface area (Å²) in [7, 11) is -6.54. The molecule has 3 heterocycles. The molecule has 0 saturated carbocycles. The monoisotopic (exact) mass is 968 g/mol. The van der Waals surface area contributed by atoms with E-state index >= 15 is 0 Å². The van der Waals surface area contributed by atoms with Crippen LogP contribution < -0.4 is 20.5 Å². The van der Waals surface area contributed by atoms with E-state index in [2.05, 4.69) is 14.8 Å². The highest BCUT2D eigenvalue weighted by Gasteiger charge is 2.54. The summed E-state index contributed by atoms with van der Waals surface area (Å²) in [5.74, 6) is -1.29. The normalized spacial score (nSPS) is 31.5. The quantitative estimate of drug-likeness (QED) is 0.0200. The summed E-state index contributed by atoms with van der Waals surface area (Å²) in [6, 6.07) is 4.24. The Morgan fingerprint density at radius 1 is 0.952 bits per heavy atom. The van der Waals surface area contributed by atoms with E-state index in [1.807, 2.05) is 21.6 Å². The highest BCUT2D eigenvalue weighted by atomic mass is 33.1. The van der Waals surface area contributed by atoms with E-state index in [4.69, 9.17) is 23.7 Å². The van der Waals surface area contributed by atoms with Crippen LogP contribution in [0.5, 0.6) is 0 Å². The van der Waals surface area contributed by atoms with Crippen LogP contribution in [0.1, 0.15) is 32.1 Å². The van der Waals surface area contributed by atoms with Crippen molar-refractivity contribution in [3.63, 3.8) is 0 Å². The number of hydrogen-bond acceptors (Lipinski definition) is 25. The Bertz CT molecular complexity index is 1810. The van der Waals surface area contributed by atoms with Gasteiger partial charge in [0.05, 0.1) is 25.3 Å². The number of carboxylic acids is 1. The molecule has 3 aliphatic heterocycles. The average molecular weight is 969 g/mol. The van der Waals surface area contributed by atoms with E-state index in [-0.39, 0.29) is 5.91 Å². The van der Waals surface area contributed by atoms with Crippen molar-refractivity contribution >= 4 is 65.5 Å². The number of aliphatic hydroxyl groups is 7. The van der Waals surface area contributed by atoms with Crippen molar-refractivity contribution in [2.75, 3.05) is 43.3 Å². The molecule has 1 aromatic carbocycles. The summed E-state index contributed by atoms with van der Waals surface area (Å²) in [6.45, 7) is -2.56. The van der Waals surface area contributed by atoms with Gasteiger partial charge in [0.25, 0.3) is 0 Å². The van der Waals surface area contributed by atoms with Crippen LogP contribution in [0.3, 0.4) is 0 Å². The van der Waals surface area contributed by atoms with E-state index in [0.717, 1.165) is 38.5 Å². The number of aliphatic carboxylic acids is 1. The van der Waals surface area contributed by atoms with Crippen LogP contribution in [0, 0.1) is 0 Å². The molecule has 0 aliphatic carbocycles. The van der Waals surface area contributed by atoms with Gasteiger partial charge in [-0.3, -0.25) is 8.98 Å². The Labute approximate surface area is 364 Å². The van der Waals surface area contributed by atoms with Crippen LogP contribution in [-0.2, 0) is 58.2 Å². The van der Waals surface area contributed by atoms with E-state index in [1.54, 1.807) is 24.3 Å². The first-order valence-corrected chi connectivity index (χ1v) is 24.0. The van der Waals surface area contributed by atoms with E-state index in [9.17, 15) is 76.4 Å². The standard InChI is InChI=1S/C33H53N3O22S4/c1-53-27-20(13-37)55-32(22(25(27)43)36-61(47,48)49)56-28-26(44)29(58-62(50,51)52)33(57-30(28)31(45)46)54-14-19(39)24(42)23(41)18(38)12-34-15-5-4-6-16(11-15)35-21(40)8-3-2-7-17-9-10-59-60-17/h4-6,11,17-20,22-30,32-34,36-39,41-44H,2-3,7-10,12-14H2,1H3,(H,35,40)(H,45,46)(H,47,48,49)(H,50,51,52)/p-3/t17?,18-,19+,20+,22+,23+,24+,25+,26-,27+,28-,29+,30+,32+,33+/m0/s1. The third-order valence-electron chi connectivity index (χ3n) is 9.82. The summed E-state index contributed by atoms with van der Waals surface area (Å²) in [5.41, 5.74) is 0.833. The SMILES string of the molecule is CO[C@H]1[C@H](O)[C@@H](NS(=O)(=O)[O-])[C@@H](O[C@H]2[C@H](O)[C@@H](OS(=O)(=O)[O-])[C@H](OC[C@@H](O)[C@@H](O)[C@H](O)[C@@H](O)CNc3cccc(NC(=O)CCCCC4CCSS4)c3)O[C@H]2C(=O)[O-])O[C@@H]1CO. The minimum atomic E-state index is -5.83. The number of aliphatic hydroxyl groups excluding tert-OH is 7. The number of hydrogen-bond donors (Lipinski definition) is 10. The Hall–Kier alpha value is -2.08. The van der Waals surface area contributed by atoms with Gasteiger partial charge in [0.2, 0.25) is 16.3 Å². The Balaban J connectivity index is 1.36. The van der Waals surface area contributed by atoms with Gasteiger partial charge >= 0.3 is 0 Å². The van der Waals surface area contributed by atoms with Gasteiger partial charge in [-0.25, -0.2) is 21.6 Å². The van der Waals surface area contributed by atoms with Crippen LogP contribution in [0.2, 0.25) is 0 Å². The highest BCUT2D eigenvalue weighted by molar-refractivity contribution is 8.77. The third-order valence-corrected chi connectivity index (χ3v) is 13.8. The largest absolute Gasteiger partial charge is 0.735 e. The average Bonchev–Trinajstić information content (AvgIpc) is 3.73. The van der Waals surface area contributed by atoms with Gasteiger partial charge in [-0.1, -0.05) is 34.1 Å². The van der Waals surface area contributed by atoms with Crippen molar-refractivity contribution in [2.24, 2.45) is 0 Å². The molecule has 1 unspecified atom stereocenters. The number of amides is 1. The highest BCUT2D eigenvalue weighted by Crippen LogP contribution is 2.40. The smallest absolute Gasteiger partial charge is 0.224 e. The zero-order valence-electron chi connectivity index (χ0n) is 32.7. The first-order valence-electron chi connectivity index (χ1n) is 18.9. The number of carbonyl (C=O) groups excluding carboxylic acids is 2. The topological polar surface area (TPSA) is 405 Å². The fourth-order valence-corrected chi connectivity index (χ4v) is 10.8. The van der Waals surface area contributed by atoms with Crippen molar-refractivity contribution < 1.29 is 104 Å². The lowest BCUT2D eigenvalue weighted by molar-refractivity contribution is -0.368. The lowest BCUT2D eigenvalue weighted by Crippen LogP contribution is -2.69. The van der Waals surface area contributed by atoms with Gasteiger partial charge in [0.15, 0.2) is 29.0 Å². The second-order valence-electron chi connectivity index (χ2n) is 14.4. The summed E-state index contributed by atoms with van der Waals surface area (Å²) in [5, 5.41) is 92.5. The lowest BCUT2D eigenvalue weighted by atomic mass is 9.95. The predicted octanol–water partition coefficient (Wildman–Crippen LogP) is -5.21. The molecule has 4 rings (SSSR count). The fraction of sp³-hybridized carbons (Fsp3) is 0.758. The zero-order chi connectivity index (χ0) is 45.9. The second-order valence-corrected chi connectivity index (χ2v) is 19.3. The van der Waals surface area contributed by atoms with Crippen molar-refractivity contribution in [1.82, 2.24) is 4.72 Å². The lowest BCUT2D eigenvalue weighted by Gasteiger charge is -2.48. The van der Waals surface area contributed by atoms with Crippen molar-refractivity contribution in [2.45, 2.75) is 123 Å². The van der Waals surface area contributed by atoms with Gasteiger partial charge in [-0.2, -0.15) is 0 Å². The molecule has 0 spiro atoms. The molecule has 25 nitrogen and oxygen atoms in total.